The maximum absolute atomic E-state index is 11.7. The SMILES string of the molecule is CCCCCCCCCCCCCCCOCCOCCOCCOCCOCCOC(=O)CCCCCCCC. The number of carbonyl (C=O) groups excluding carboxylic acids is 1. The van der Waals surface area contributed by atoms with Crippen LogP contribution in [0.15, 0.2) is 0 Å². The van der Waals surface area contributed by atoms with Crippen molar-refractivity contribution in [2.45, 2.75) is 142 Å². The molecule has 0 aromatic carbocycles. The summed E-state index contributed by atoms with van der Waals surface area (Å²) in [5, 5.41) is 0. The molecule has 0 aliphatic heterocycles. The van der Waals surface area contributed by atoms with Crippen molar-refractivity contribution in [1.29, 1.82) is 0 Å². The van der Waals surface area contributed by atoms with Crippen LogP contribution in [0.3, 0.4) is 0 Å². The van der Waals surface area contributed by atoms with Gasteiger partial charge in [-0.05, 0) is 12.8 Å². The van der Waals surface area contributed by atoms with Crippen molar-refractivity contribution in [2.24, 2.45) is 0 Å². The van der Waals surface area contributed by atoms with Crippen LogP contribution in [0.5, 0.6) is 0 Å². The Bertz CT molecular complexity index is 490. The largest absolute Gasteiger partial charge is 0.463 e. The van der Waals surface area contributed by atoms with Crippen LogP contribution in [-0.2, 0) is 33.2 Å². The first kappa shape index (κ1) is 40.3. The molecule has 0 bridgehead atoms. The number of hydrogen-bond acceptors (Lipinski definition) is 7. The number of rotatable bonds is 36. The van der Waals surface area contributed by atoms with Gasteiger partial charge in [0.1, 0.15) is 6.61 Å². The van der Waals surface area contributed by atoms with E-state index in [0.717, 1.165) is 25.9 Å². The molecule has 7 heteroatoms. The fraction of sp³-hybridized carbons (Fsp3) is 0.971. The van der Waals surface area contributed by atoms with Crippen LogP contribution in [0, 0.1) is 0 Å². The second-order valence-corrected chi connectivity index (χ2v) is 11.0. The van der Waals surface area contributed by atoms with Crippen LogP contribution in [0.1, 0.15) is 142 Å². The molecule has 0 saturated heterocycles. The first-order chi connectivity index (χ1) is 20.3. The predicted molar refractivity (Wildman–Crippen MR) is 169 cm³/mol. The van der Waals surface area contributed by atoms with Crippen molar-refractivity contribution >= 4 is 5.97 Å². The smallest absolute Gasteiger partial charge is 0.305 e. The molecule has 0 heterocycles. The van der Waals surface area contributed by atoms with E-state index in [0.29, 0.717) is 72.5 Å². The molecule has 0 unspecified atom stereocenters. The zero-order valence-electron chi connectivity index (χ0n) is 27.3. The third-order valence-electron chi connectivity index (χ3n) is 7.11. The van der Waals surface area contributed by atoms with Gasteiger partial charge in [0.05, 0.1) is 59.5 Å². The molecule has 0 fully saturated rings. The summed E-state index contributed by atoms with van der Waals surface area (Å²) in [6.45, 7) is 10.5. The molecule has 0 aliphatic rings. The van der Waals surface area contributed by atoms with Crippen molar-refractivity contribution in [2.75, 3.05) is 72.7 Å². The van der Waals surface area contributed by atoms with Gasteiger partial charge in [-0.15, -0.1) is 0 Å². The molecule has 0 radical (unpaired) electrons. The Morgan fingerprint density at radius 1 is 0.341 bits per heavy atom. The van der Waals surface area contributed by atoms with E-state index in [4.69, 9.17) is 28.4 Å². The van der Waals surface area contributed by atoms with Crippen LogP contribution < -0.4 is 0 Å². The Balaban J connectivity index is 3.09. The highest BCUT2D eigenvalue weighted by molar-refractivity contribution is 5.69. The monoisotopic (exact) mass is 588 g/mol. The number of carbonyl (C=O) groups is 1. The lowest BCUT2D eigenvalue weighted by molar-refractivity contribution is -0.145. The summed E-state index contributed by atoms with van der Waals surface area (Å²) in [4.78, 5) is 11.7. The Hall–Kier alpha value is -0.730. The summed E-state index contributed by atoms with van der Waals surface area (Å²) >= 11 is 0. The standard InChI is InChI=1S/C34H68O7/c1-3-5-7-9-11-12-13-14-15-16-17-19-21-23-36-24-25-37-26-27-38-28-29-39-30-31-40-32-33-41-34(35)22-20-18-10-8-6-4-2/h3-33H2,1-2H3. The van der Waals surface area contributed by atoms with Crippen molar-refractivity contribution in [1.82, 2.24) is 0 Å². The molecule has 246 valence electrons. The molecule has 0 aromatic rings. The van der Waals surface area contributed by atoms with Crippen LogP contribution in [0.25, 0.3) is 0 Å². The van der Waals surface area contributed by atoms with Crippen molar-refractivity contribution < 1.29 is 33.2 Å². The average molecular weight is 589 g/mol. The number of esters is 1. The van der Waals surface area contributed by atoms with E-state index in [1.165, 1.54) is 103 Å². The summed E-state index contributed by atoms with van der Waals surface area (Å²) in [5.74, 6) is -0.126. The minimum absolute atomic E-state index is 0.126. The average Bonchev–Trinajstić information content (AvgIpc) is 2.98. The lowest BCUT2D eigenvalue weighted by Gasteiger charge is -2.08. The van der Waals surface area contributed by atoms with E-state index in [-0.39, 0.29) is 5.97 Å². The lowest BCUT2D eigenvalue weighted by Crippen LogP contribution is -2.15. The van der Waals surface area contributed by atoms with Crippen LogP contribution in [0.2, 0.25) is 0 Å². The van der Waals surface area contributed by atoms with Gasteiger partial charge >= 0.3 is 5.97 Å². The molecule has 0 aliphatic carbocycles. The lowest BCUT2D eigenvalue weighted by atomic mass is 10.0. The number of unbranched alkanes of at least 4 members (excludes halogenated alkanes) is 17. The Labute approximate surface area is 254 Å². The topological polar surface area (TPSA) is 72.5 Å². The molecule has 0 rings (SSSR count). The Morgan fingerprint density at radius 2 is 0.634 bits per heavy atom. The van der Waals surface area contributed by atoms with E-state index >= 15 is 0 Å². The zero-order chi connectivity index (χ0) is 29.7. The fourth-order valence-corrected chi connectivity index (χ4v) is 4.54. The van der Waals surface area contributed by atoms with E-state index in [2.05, 4.69) is 13.8 Å². The molecule has 41 heavy (non-hydrogen) atoms. The van der Waals surface area contributed by atoms with E-state index < -0.39 is 0 Å². The van der Waals surface area contributed by atoms with Crippen molar-refractivity contribution in [3.05, 3.63) is 0 Å². The number of hydrogen-bond donors (Lipinski definition) is 0. The number of ether oxygens (including phenoxy) is 6. The molecule has 0 saturated carbocycles. The maximum atomic E-state index is 11.7. The van der Waals surface area contributed by atoms with Gasteiger partial charge in [-0.1, -0.05) is 123 Å². The first-order valence-electron chi connectivity index (χ1n) is 17.4. The van der Waals surface area contributed by atoms with E-state index in [1.54, 1.807) is 0 Å². The third-order valence-corrected chi connectivity index (χ3v) is 7.11. The molecular formula is C34H68O7. The van der Waals surface area contributed by atoms with Gasteiger partial charge in [-0.2, -0.15) is 0 Å². The highest BCUT2D eigenvalue weighted by atomic mass is 16.6. The van der Waals surface area contributed by atoms with E-state index in [9.17, 15) is 4.79 Å². The van der Waals surface area contributed by atoms with Gasteiger partial charge in [0.25, 0.3) is 0 Å². The van der Waals surface area contributed by atoms with Gasteiger partial charge in [0, 0.05) is 13.0 Å². The Kier molecular flexibility index (Phi) is 36.6. The van der Waals surface area contributed by atoms with Crippen molar-refractivity contribution in [3.63, 3.8) is 0 Å². The maximum Gasteiger partial charge on any atom is 0.305 e. The van der Waals surface area contributed by atoms with Crippen molar-refractivity contribution in [3.8, 4) is 0 Å². The second kappa shape index (κ2) is 37.3. The molecular weight excluding hydrogens is 520 g/mol. The summed E-state index contributed by atoms with van der Waals surface area (Å²) in [7, 11) is 0. The minimum Gasteiger partial charge on any atom is -0.463 e. The first-order valence-corrected chi connectivity index (χ1v) is 17.4. The molecule has 0 aromatic heterocycles. The van der Waals surface area contributed by atoms with Crippen LogP contribution >= 0.6 is 0 Å². The van der Waals surface area contributed by atoms with Gasteiger partial charge in [0.2, 0.25) is 0 Å². The molecule has 0 N–H and O–H groups in total. The van der Waals surface area contributed by atoms with Gasteiger partial charge in [0.15, 0.2) is 0 Å². The second-order valence-electron chi connectivity index (χ2n) is 11.0. The quantitative estimate of drug-likeness (QED) is 0.0537. The van der Waals surface area contributed by atoms with E-state index in [1.807, 2.05) is 0 Å². The molecule has 0 amide bonds. The fourth-order valence-electron chi connectivity index (χ4n) is 4.54. The highest BCUT2D eigenvalue weighted by Crippen LogP contribution is 2.12. The summed E-state index contributed by atoms with van der Waals surface area (Å²) in [6.07, 6.45) is 25.3. The summed E-state index contributed by atoms with van der Waals surface area (Å²) in [5.41, 5.74) is 0. The summed E-state index contributed by atoms with van der Waals surface area (Å²) in [6, 6.07) is 0. The Morgan fingerprint density at radius 3 is 1.02 bits per heavy atom. The van der Waals surface area contributed by atoms with Gasteiger partial charge in [-0.3, -0.25) is 4.79 Å². The minimum atomic E-state index is -0.126. The molecule has 7 nitrogen and oxygen atoms in total. The molecule has 0 atom stereocenters. The van der Waals surface area contributed by atoms with Crippen LogP contribution in [-0.4, -0.2) is 78.6 Å². The summed E-state index contributed by atoms with van der Waals surface area (Å²) < 4.78 is 32.8. The zero-order valence-corrected chi connectivity index (χ0v) is 27.3. The highest BCUT2D eigenvalue weighted by Gasteiger charge is 2.02. The predicted octanol–water partition coefficient (Wildman–Crippen LogP) is 8.45. The normalized spacial score (nSPS) is 11.4. The van der Waals surface area contributed by atoms with Crippen LogP contribution in [0.4, 0.5) is 0 Å². The molecule has 0 spiro atoms. The van der Waals surface area contributed by atoms with Gasteiger partial charge < -0.3 is 28.4 Å². The third kappa shape index (κ3) is 37.2. The van der Waals surface area contributed by atoms with Gasteiger partial charge in [-0.25, -0.2) is 0 Å².